The first-order chi connectivity index (χ1) is 14.3. The van der Waals surface area contributed by atoms with Crippen molar-refractivity contribution < 1.29 is 24.2 Å². The highest BCUT2D eigenvalue weighted by Crippen LogP contribution is 2.27. The molecule has 6 nitrogen and oxygen atoms in total. The molecular weight excluding hydrogens is 474 g/mol. The van der Waals surface area contributed by atoms with Crippen LogP contribution in [-0.4, -0.2) is 36.2 Å². The molecule has 0 saturated carbocycles. The highest BCUT2D eigenvalue weighted by Gasteiger charge is 2.23. The number of amides is 1. The number of halogens is 2. The zero-order valence-corrected chi connectivity index (χ0v) is 18.4. The molecule has 30 heavy (non-hydrogen) atoms. The van der Waals surface area contributed by atoms with Gasteiger partial charge < -0.3 is 19.9 Å². The normalized spacial score (nSPS) is 11.3. The molecule has 0 heterocycles. The standard InChI is InChI=1S/C22H21BrClNO5/c1-3-9-29-19-8-6-15(23)13-16(19)21(26)25-18(22(27)28)12-14-5-7-20(17(24)11-14)30-10-4-2/h3-8,11,13,18H,1-2,9-10,12H2,(H,25,26)(H,27,28)/t18-/m0/s1. The molecule has 158 valence electrons. The fourth-order valence-corrected chi connectivity index (χ4v) is 3.18. The molecule has 2 rings (SSSR count). The molecule has 2 N–H and O–H groups in total. The Morgan fingerprint density at radius 2 is 1.73 bits per heavy atom. The molecule has 2 aromatic carbocycles. The number of aliphatic carboxylic acids is 1. The Labute approximate surface area is 188 Å². The summed E-state index contributed by atoms with van der Waals surface area (Å²) in [5, 5.41) is 12.5. The average Bonchev–Trinajstić information content (AvgIpc) is 2.71. The van der Waals surface area contributed by atoms with Crippen LogP contribution in [0.2, 0.25) is 5.02 Å². The summed E-state index contributed by atoms with van der Waals surface area (Å²) in [5.41, 5.74) is 0.847. The van der Waals surface area contributed by atoms with Gasteiger partial charge in [-0.25, -0.2) is 4.79 Å². The van der Waals surface area contributed by atoms with Gasteiger partial charge in [-0.2, -0.15) is 0 Å². The number of carbonyl (C=O) groups is 2. The zero-order chi connectivity index (χ0) is 22.1. The van der Waals surface area contributed by atoms with E-state index in [1.165, 1.54) is 0 Å². The molecule has 0 aromatic heterocycles. The maximum Gasteiger partial charge on any atom is 0.326 e. The number of rotatable bonds is 11. The molecular formula is C22H21BrClNO5. The second kappa shape index (κ2) is 11.4. The summed E-state index contributed by atoms with van der Waals surface area (Å²) >= 11 is 9.50. The second-order valence-corrected chi connectivity index (χ2v) is 7.50. The van der Waals surface area contributed by atoms with Gasteiger partial charge in [-0.1, -0.05) is 58.9 Å². The summed E-state index contributed by atoms with van der Waals surface area (Å²) in [6, 6.07) is 8.71. The summed E-state index contributed by atoms with van der Waals surface area (Å²) in [6.07, 6.45) is 3.19. The summed E-state index contributed by atoms with van der Waals surface area (Å²) in [4.78, 5) is 24.5. The van der Waals surface area contributed by atoms with Gasteiger partial charge in [-0.15, -0.1) is 0 Å². The lowest BCUT2D eigenvalue weighted by atomic mass is 10.0. The van der Waals surface area contributed by atoms with Crippen molar-refractivity contribution in [3.63, 3.8) is 0 Å². The molecule has 2 aromatic rings. The summed E-state index contributed by atoms with van der Waals surface area (Å²) < 4.78 is 11.6. The number of carboxylic acids is 1. The van der Waals surface area contributed by atoms with Crippen LogP contribution in [0.4, 0.5) is 0 Å². The van der Waals surface area contributed by atoms with Crippen molar-refractivity contribution in [2.45, 2.75) is 12.5 Å². The van der Waals surface area contributed by atoms with Crippen LogP contribution in [0.3, 0.4) is 0 Å². The van der Waals surface area contributed by atoms with Gasteiger partial charge in [0.05, 0.1) is 10.6 Å². The fraction of sp³-hybridized carbons (Fsp3) is 0.182. The Kier molecular flexibility index (Phi) is 8.95. The first-order valence-electron chi connectivity index (χ1n) is 8.94. The highest BCUT2D eigenvalue weighted by atomic mass is 79.9. The molecule has 0 bridgehead atoms. The summed E-state index contributed by atoms with van der Waals surface area (Å²) in [7, 11) is 0. The van der Waals surface area contributed by atoms with Gasteiger partial charge in [0.15, 0.2) is 0 Å². The van der Waals surface area contributed by atoms with Gasteiger partial charge in [0, 0.05) is 10.9 Å². The van der Waals surface area contributed by atoms with Crippen LogP contribution in [0.15, 0.2) is 66.2 Å². The molecule has 8 heteroatoms. The van der Waals surface area contributed by atoms with E-state index in [0.29, 0.717) is 33.2 Å². The monoisotopic (exact) mass is 493 g/mol. The van der Waals surface area contributed by atoms with Crippen LogP contribution in [0.1, 0.15) is 15.9 Å². The van der Waals surface area contributed by atoms with Crippen molar-refractivity contribution in [1.29, 1.82) is 0 Å². The first-order valence-corrected chi connectivity index (χ1v) is 10.1. The number of ether oxygens (including phenoxy) is 2. The van der Waals surface area contributed by atoms with Crippen LogP contribution in [-0.2, 0) is 11.2 Å². The van der Waals surface area contributed by atoms with Crippen LogP contribution in [0.25, 0.3) is 0 Å². The minimum absolute atomic E-state index is 0.0411. The van der Waals surface area contributed by atoms with E-state index in [9.17, 15) is 14.7 Å². The van der Waals surface area contributed by atoms with Gasteiger partial charge in [0.2, 0.25) is 0 Å². The lowest BCUT2D eigenvalue weighted by molar-refractivity contribution is -0.139. The van der Waals surface area contributed by atoms with E-state index in [2.05, 4.69) is 34.4 Å². The number of carboxylic acid groups (broad SMARTS) is 1. The van der Waals surface area contributed by atoms with Gasteiger partial charge in [0.1, 0.15) is 30.8 Å². The summed E-state index contributed by atoms with van der Waals surface area (Å²) in [6.45, 7) is 7.66. The molecule has 0 spiro atoms. The van der Waals surface area contributed by atoms with Crippen molar-refractivity contribution >= 4 is 39.4 Å². The van der Waals surface area contributed by atoms with Crippen LogP contribution >= 0.6 is 27.5 Å². The number of hydrogen-bond acceptors (Lipinski definition) is 4. The van der Waals surface area contributed by atoms with Crippen molar-refractivity contribution in [1.82, 2.24) is 5.32 Å². The molecule has 0 unspecified atom stereocenters. The van der Waals surface area contributed by atoms with Gasteiger partial charge in [-0.3, -0.25) is 4.79 Å². The van der Waals surface area contributed by atoms with Crippen molar-refractivity contribution in [2.75, 3.05) is 13.2 Å². The minimum atomic E-state index is -1.17. The predicted octanol–water partition coefficient (Wildman–Crippen LogP) is 4.66. The number of carbonyl (C=O) groups excluding carboxylic acids is 1. The van der Waals surface area contributed by atoms with Gasteiger partial charge in [-0.05, 0) is 35.9 Å². The fourth-order valence-electron chi connectivity index (χ4n) is 2.56. The largest absolute Gasteiger partial charge is 0.489 e. The molecule has 0 aliphatic heterocycles. The van der Waals surface area contributed by atoms with E-state index >= 15 is 0 Å². The molecule has 1 atom stereocenters. The molecule has 0 aliphatic carbocycles. The van der Waals surface area contributed by atoms with Crippen LogP contribution in [0, 0.1) is 0 Å². The van der Waals surface area contributed by atoms with E-state index in [4.69, 9.17) is 21.1 Å². The third kappa shape index (κ3) is 6.64. The SMILES string of the molecule is C=CCOc1ccc(C[C@H](NC(=O)c2cc(Br)ccc2OCC=C)C(=O)O)cc1Cl. The van der Waals surface area contributed by atoms with Crippen molar-refractivity contribution in [3.8, 4) is 11.5 Å². The lowest BCUT2D eigenvalue weighted by Gasteiger charge is -2.17. The smallest absolute Gasteiger partial charge is 0.326 e. The Bertz CT molecular complexity index is 947. The Morgan fingerprint density at radius 1 is 1.10 bits per heavy atom. The minimum Gasteiger partial charge on any atom is -0.489 e. The van der Waals surface area contributed by atoms with E-state index < -0.39 is 17.9 Å². The number of benzene rings is 2. The van der Waals surface area contributed by atoms with Crippen LogP contribution < -0.4 is 14.8 Å². The lowest BCUT2D eigenvalue weighted by Crippen LogP contribution is -2.42. The van der Waals surface area contributed by atoms with Crippen LogP contribution in [0.5, 0.6) is 11.5 Å². The summed E-state index contributed by atoms with van der Waals surface area (Å²) in [5.74, 6) is -0.948. The van der Waals surface area contributed by atoms with E-state index in [1.807, 2.05) is 0 Å². The molecule has 1 amide bonds. The Morgan fingerprint density at radius 3 is 2.33 bits per heavy atom. The zero-order valence-electron chi connectivity index (χ0n) is 16.1. The third-order valence-electron chi connectivity index (χ3n) is 3.94. The molecule has 0 saturated heterocycles. The quantitative estimate of drug-likeness (QED) is 0.444. The van der Waals surface area contributed by atoms with Crippen molar-refractivity contribution in [3.05, 3.63) is 82.3 Å². The average molecular weight is 495 g/mol. The Balaban J connectivity index is 2.18. The maximum absolute atomic E-state index is 12.8. The molecule has 0 aliphatic rings. The maximum atomic E-state index is 12.8. The number of hydrogen-bond donors (Lipinski definition) is 2. The predicted molar refractivity (Wildman–Crippen MR) is 120 cm³/mol. The molecule has 0 fully saturated rings. The van der Waals surface area contributed by atoms with E-state index in [1.54, 1.807) is 48.6 Å². The van der Waals surface area contributed by atoms with Crippen molar-refractivity contribution in [2.24, 2.45) is 0 Å². The topological polar surface area (TPSA) is 84.9 Å². The van der Waals surface area contributed by atoms with Gasteiger partial charge in [0.25, 0.3) is 5.91 Å². The second-order valence-electron chi connectivity index (χ2n) is 6.17. The highest BCUT2D eigenvalue weighted by molar-refractivity contribution is 9.10. The number of nitrogens with one attached hydrogen (secondary N) is 1. The van der Waals surface area contributed by atoms with E-state index in [0.717, 1.165) is 0 Å². The Hall–Kier alpha value is -2.77. The third-order valence-corrected chi connectivity index (χ3v) is 4.73. The van der Waals surface area contributed by atoms with Gasteiger partial charge >= 0.3 is 5.97 Å². The first kappa shape index (κ1) is 23.5. The molecule has 0 radical (unpaired) electrons. The van der Waals surface area contributed by atoms with E-state index in [-0.39, 0.29) is 18.6 Å².